The van der Waals surface area contributed by atoms with Crippen LogP contribution < -0.4 is 0 Å². The van der Waals surface area contributed by atoms with Crippen molar-refractivity contribution in [2.75, 3.05) is 0 Å². The summed E-state index contributed by atoms with van der Waals surface area (Å²) in [6.07, 6.45) is 15.2. The zero-order chi connectivity index (χ0) is 14.2. The smallest absolute Gasteiger partial charge is 0.108 e. The van der Waals surface area contributed by atoms with Crippen LogP contribution >= 0.6 is 0 Å². The molecule has 0 aliphatic heterocycles. The fourth-order valence-electron chi connectivity index (χ4n) is 1.97. The first-order valence-corrected chi connectivity index (χ1v) is 8.14. The van der Waals surface area contributed by atoms with Crippen LogP contribution in [0, 0.1) is 11.8 Å². The highest BCUT2D eigenvalue weighted by atomic mass is 19.1. The molecule has 0 bridgehead atoms. The van der Waals surface area contributed by atoms with Gasteiger partial charge in [0.25, 0.3) is 0 Å². The molecule has 0 rings (SSSR count). The van der Waals surface area contributed by atoms with Gasteiger partial charge in [-0.15, -0.1) is 0 Å². The highest BCUT2D eigenvalue weighted by molar-refractivity contribution is 5.17. The van der Waals surface area contributed by atoms with E-state index in [9.17, 15) is 4.39 Å². The van der Waals surface area contributed by atoms with Crippen molar-refractivity contribution in [1.82, 2.24) is 0 Å². The van der Waals surface area contributed by atoms with E-state index in [1.807, 2.05) is 0 Å². The van der Waals surface area contributed by atoms with Crippen LogP contribution in [-0.2, 0) is 0 Å². The second kappa shape index (κ2) is 15.3. The van der Waals surface area contributed by atoms with Gasteiger partial charge in [0.15, 0.2) is 0 Å². The molecule has 110 valence electrons. The van der Waals surface area contributed by atoms with Crippen LogP contribution in [0.15, 0.2) is 11.9 Å². The van der Waals surface area contributed by atoms with Crippen LogP contribution in [0.2, 0.25) is 0 Å². The molecule has 0 heterocycles. The van der Waals surface area contributed by atoms with E-state index < -0.39 is 0 Å². The van der Waals surface area contributed by atoms with Gasteiger partial charge in [-0.3, -0.25) is 0 Å². The Bertz CT molecular complexity index is 267. The second-order valence-corrected chi connectivity index (χ2v) is 5.24. The summed E-state index contributed by atoms with van der Waals surface area (Å²) in [5, 5.41) is 0. The summed E-state index contributed by atoms with van der Waals surface area (Å²) < 4.78 is 13.3. The molecule has 0 radical (unpaired) electrons. The van der Waals surface area contributed by atoms with Crippen molar-refractivity contribution in [3.8, 4) is 11.8 Å². The molecule has 0 aromatic carbocycles. The molecule has 0 saturated heterocycles. The lowest BCUT2D eigenvalue weighted by Crippen LogP contribution is -1.81. The van der Waals surface area contributed by atoms with Gasteiger partial charge in [0.2, 0.25) is 0 Å². The standard InChI is InChI=1S/C18H31F/c1-3-5-7-9-10-11-13-15-17-18(19)16-14-12-8-6-4-2/h16H,3-11,13,15,17H2,1-2H3/b18-16+. The molecular formula is C18H31F. The summed E-state index contributed by atoms with van der Waals surface area (Å²) in [5.41, 5.74) is 0. The lowest BCUT2D eigenvalue weighted by molar-refractivity contribution is 0.535. The minimum Gasteiger partial charge on any atom is -0.211 e. The Balaban J connectivity index is 3.38. The van der Waals surface area contributed by atoms with Crippen LogP contribution in [0.1, 0.15) is 90.9 Å². The molecule has 0 spiro atoms. The molecular weight excluding hydrogens is 235 g/mol. The third-order valence-electron chi connectivity index (χ3n) is 3.26. The summed E-state index contributed by atoms with van der Waals surface area (Å²) in [6, 6.07) is 0. The Labute approximate surface area is 119 Å². The third-order valence-corrected chi connectivity index (χ3v) is 3.26. The van der Waals surface area contributed by atoms with E-state index in [0.29, 0.717) is 6.42 Å². The lowest BCUT2D eigenvalue weighted by Gasteiger charge is -2.00. The maximum atomic E-state index is 13.3. The first kappa shape index (κ1) is 18.2. The SMILES string of the molecule is CCCCC#C/C=C(/F)CCCCCCCCCC. The first-order valence-electron chi connectivity index (χ1n) is 8.14. The quantitative estimate of drug-likeness (QED) is 0.293. The number of halogens is 1. The number of rotatable bonds is 11. The molecule has 0 nitrogen and oxygen atoms in total. The maximum Gasteiger partial charge on any atom is 0.108 e. The van der Waals surface area contributed by atoms with Gasteiger partial charge in [0.05, 0.1) is 0 Å². The van der Waals surface area contributed by atoms with Gasteiger partial charge in [-0.1, -0.05) is 77.1 Å². The normalized spacial score (nSPS) is 11.2. The molecule has 0 N–H and O–H groups in total. The van der Waals surface area contributed by atoms with Gasteiger partial charge in [-0.05, 0) is 19.3 Å². The summed E-state index contributed by atoms with van der Waals surface area (Å²) in [5.74, 6) is 5.74. The second-order valence-electron chi connectivity index (χ2n) is 5.24. The molecule has 0 saturated carbocycles. The summed E-state index contributed by atoms with van der Waals surface area (Å²) in [7, 11) is 0. The van der Waals surface area contributed by atoms with E-state index in [0.717, 1.165) is 32.1 Å². The van der Waals surface area contributed by atoms with E-state index in [1.54, 1.807) is 0 Å². The first-order chi connectivity index (χ1) is 9.31. The molecule has 1 heteroatoms. The van der Waals surface area contributed by atoms with Crippen molar-refractivity contribution in [3.63, 3.8) is 0 Å². The van der Waals surface area contributed by atoms with Gasteiger partial charge in [0, 0.05) is 12.5 Å². The lowest BCUT2D eigenvalue weighted by atomic mass is 10.1. The van der Waals surface area contributed by atoms with Crippen LogP contribution in [0.25, 0.3) is 0 Å². The summed E-state index contributed by atoms with van der Waals surface area (Å²) in [6.45, 7) is 4.38. The number of hydrogen-bond acceptors (Lipinski definition) is 0. The minimum absolute atomic E-state index is 0.0463. The van der Waals surface area contributed by atoms with Crippen molar-refractivity contribution in [2.45, 2.75) is 90.9 Å². The van der Waals surface area contributed by atoms with E-state index in [-0.39, 0.29) is 5.83 Å². The minimum atomic E-state index is -0.0463. The van der Waals surface area contributed by atoms with E-state index in [4.69, 9.17) is 0 Å². The van der Waals surface area contributed by atoms with Crippen LogP contribution in [0.5, 0.6) is 0 Å². The molecule has 0 aromatic heterocycles. The van der Waals surface area contributed by atoms with Gasteiger partial charge < -0.3 is 0 Å². The van der Waals surface area contributed by atoms with Gasteiger partial charge in [0.1, 0.15) is 5.83 Å². The van der Waals surface area contributed by atoms with E-state index in [1.165, 1.54) is 44.6 Å². The third kappa shape index (κ3) is 15.2. The zero-order valence-electron chi connectivity index (χ0n) is 12.9. The van der Waals surface area contributed by atoms with Gasteiger partial charge >= 0.3 is 0 Å². The largest absolute Gasteiger partial charge is 0.211 e. The highest BCUT2D eigenvalue weighted by Crippen LogP contribution is 2.13. The molecule has 0 unspecified atom stereocenters. The van der Waals surface area contributed by atoms with Crippen LogP contribution in [0.3, 0.4) is 0 Å². The van der Waals surface area contributed by atoms with Crippen molar-refractivity contribution in [2.24, 2.45) is 0 Å². The Morgan fingerprint density at radius 3 is 2.05 bits per heavy atom. The fraction of sp³-hybridized carbons (Fsp3) is 0.778. The zero-order valence-corrected chi connectivity index (χ0v) is 12.9. The van der Waals surface area contributed by atoms with Gasteiger partial charge in [-0.2, -0.15) is 0 Å². The molecule has 19 heavy (non-hydrogen) atoms. The molecule has 0 fully saturated rings. The maximum absolute atomic E-state index is 13.3. The van der Waals surface area contributed by atoms with Crippen LogP contribution in [-0.4, -0.2) is 0 Å². The molecule has 0 aliphatic rings. The molecule has 0 aliphatic carbocycles. The fourth-order valence-corrected chi connectivity index (χ4v) is 1.97. The average Bonchev–Trinajstić information content (AvgIpc) is 2.41. The average molecular weight is 266 g/mol. The van der Waals surface area contributed by atoms with Crippen molar-refractivity contribution >= 4 is 0 Å². The molecule has 0 atom stereocenters. The van der Waals surface area contributed by atoms with Crippen molar-refractivity contribution < 1.29 is 4.39 Å². The van der Waals surface area contributed by atoms with E-state index >= 15 is 0 Å². The summed E-state index contributed by atoms with van der Waals surface area (Å²) in [4.78, 5) is 0. The highest BCUT2D eigenvalue weighted by Gasteiger charge is 1.95. The number of unbranched alkanes of at least 4 members (excludes halogenated alkanes) is 9. The number of allylic oxidation sites excluding steroid dienone is 2. The molecule has 0 aromatic rings. The monoisotopic (exact) mass is 266 g/mol. The van der Waals surface area contributed by atoms with Crippen molar-refractivity contribution in [3.05, 3.63) is 11.9 Å². The topological polar surface area (TPSA) is 0 Å². The van der Waals surface area contributed by atoms with E-state index in [2.05, 4.69) is 25.7 Å². The van der Waals surface area contributed by atoms with Gasteiger partial charge in [-0.25, -0.2) is 4.39 Å². The Kier molecular flexibility index (Phi) is 14.7. The predicted molar refractivity (Wildman–Crippen MR) is 83.7 cm³/mol. The van der Waals surface area contributed by atoms with Crippen LogP contribution in [0.4, 0.5) is 4.39 Å². The Morgan fingerprint density at radius 1 is 0.842 bits per heavy atom. The number of hydrogen-bond donors (Lipinski definition) is 0. The van der Waals surface area contributed by atoms with Crippen molar-refractivity contribution in [1.29, 1.82) is 0 Å². The Hall–Kier alpha value is -0.770. The Morgan fingerprint density at radius 2 is 1.42 bits per heavy atom. The molecule has 0 amide bonds. The summed E-state index contributed by atoms with van der Waals surface area (Å²) >= 11 is 0. The predicted octanol–water partition coefficient (Wildman–Crippen LogP) is 6.56.